The highest BCUT2D eigenvalue weighted by Crippen LogP contribution is 2.26. The van der Waals surface area contributed by atoms with Gasteiger partial charge in [0.1, 0.15) is 11.6 Å². The Labute approximate surface area is 125 Å². The maximum Gasteiger partial charge on any atom is 0.132 e. The molecule has 0 aromatic heterocycles. The average molecular weight is 282 g/mol. The first-order valence-corrected chi connectivity index (χ1v) is 8.09. The first-order valence-electron chi connectivity index (χ1n) is 8.09. The van der Waals surface area contributed by atoms with Gasteiger partial charge in [0.2, 0.25) is 0 Å². The molecule has 0 amide bonds. The molecule has 2 nitrogen and oxygen atoms in total. The quantitative estimate of drug-likeness (QED) is 0.542. The molecule has 0 aliphatic carbocycles. The van der Waals surface area contributed by atoms with Gasteiger partial charge in [-0.05, 0) is 30.1 Å². The van der Waals surface area contributed by atoms with Crippen LogP contribution in [0.25, 0.3) is 0 Å². The van der Waals surface area contributed by atoms with Crippen molar-refractivity contribution >= 4 is 11.6 Å². The molecule has 0 aliphatic heterocycles. The lowest BCUT2D eigenvalue weighted by Gasteiger charge is -2.21. The summed E-state index contributed by atoms with van der Waals surface area (Å²) < 4.78 is 0. The summed E-state index contributed by atoms with van der Waals surface area (Å²) in [6.45, 7) is 13.0. The Morgan fingerprint density at radius 2 is 1.20 bits per heavy atom. The van der Waals surface area contributed by atoms with Gasteiger partial charge in [0.05, 0.1) is 0 Å². The van der Waals surface area contributed by atoms with Gasteiger partial charge in [-0.1, -0.05) is 48.0 Å². The fraction of sp³-hybridized carbons (Fsp3) is 0.889. The number of hydrogen-bond donors (Lipinski definition) is 0. The molecule has 0 spiro atoms. The smallest absolute Gasteiger partial charge is 0.132 e. The molecule has 0 unspecified atom stereocenters. The van der Waals surface area contributed by atoms with Crippen LogP contribution >= 0.6 is 0 Å². The molecule has 0 aromatic rings. The van der Waals surface area contributed by atoms with Gasteiger partial charge in [-0.15, -0.1) is 0 Å². The molecule has 0 saturated carbocycles. The van der Waals surface area contributed by atoms with Gasteiger partial charge in [0.25, 0.3) is 0 Å². The van der Waals surface area contributed by atoms with Crippen LogP contribution in [0, 0.1) is 10.8 Å². The zero-order chi connectivity index (χ0) is 15.8. The molecule has 0 saturated heterocycles. The van der Waals surface area contributed by atoms with E-state index in [0.29, 0.717) is 37.2 Å². The SMILES string of the molecule is CCC(C)(C)CCC(=O)CCCC(=O)CCC(C)(C)C. The van der Waals surface area contributed by atoms with Crippen molar-refractivity contribution in [2.24, 2.45) is 10.8 Å². The lowest BCUT2D eigenvalue weighted by atomic mass is 9.84. The monoisotopic (exact) mass is 282 g/mol. The van der Waals surface area contributed by atoms with Crippen LogP contribution in [-0.2, 0) is 9.59 Å². The van der Waals surface area contributed by atoms with E-state index in [1.54, 1.807) is 0 Å². The number of rotatable bonds is 10. The van der Waals surface area contributed by atoms with E-state index in [1.807, 2.05) is 0 Å². The minimum absolute atomic E-state index is 0.219. The molecule has 0 heterocycles. The van der Waals surface area contributed by atoms with E-state index < -0.39 is 0 Å². The van der Waals surface area contributed by atoms with Gasteiger partial charge < -0.3 is 0 Å². The van der Waals surface area contributed by atoms with E-state index >= 15 is 0 Å². The van der Waals surface area contributed by atoms with Gasteiger partial charge >= 0.3 is 0 Å². The second-order valence-corrected chi connectivity index (χ2v) is 8.01. The second-order valence-electron chi connectivity index (χ2n) is 8.01. The van der Waals surface area contributed by atoms with Crippen molar-refractivity contribution in [1.29, 1.82) is 0 Å². The van der Waals surface area contributed by atoms with Gasteiger partial charge in [-0.3, -0.25) is 9.59 Å². The molecule has 0 rings (SSSR count). The molecule has 0 radical (unpaired) electrons. The van der Waals surface area contributed by atoms with E-state index in [1.165, 1.54) is 0 Å². The van der Waals surface area contributed by atoms with Crippen molar-refractivity contribution in [3.8, 4) is 0 Å². The molecule has 0 N–H and O–H groups in total. The highest BCUT2D eigenvalue weighted by Gasteiger charge is 2.17. The molecule has 0 fully saturated rings. The molecule has 118 valence electrons. The number of ketones is 2. The Balaban J connectivity index is 3.74. The average Bonchev–Trinajstić information content (AvgIpc) is 2.33. The van der Waals surface area contributed by atoms with E-state index in [4.69, 9.17) is 0 Å². The number of hydrogen-bond acceptors (Lipinski definition) is 2. The lowest BCUT2D eigenvalue weighted by molar-refractivity contribution is -0.120. The number of Topliss-reactive ketones (excluding diaryl/α,β-unsaturated/α-hetero) is 2. The van der Waals surface area contributed by atoms with Crippen molar-refractivity contribution in [2.75, 3.05) is 0 Å². The van der Waals surface area contributed by atoms with Gasteiger partial charge in [0.15, 0.2) is 0 Å². The molecule has 0 aromatic carbocycles. The topological polar surface area (TPSA) is 34.1 Å². The summed E-state index contributed by atoms with van der Waals surface area (Å²) in [6, 6.07) is 0. The lowest BCUT2D eigenvalue weighted by Crippen LogP contribution is -2.12. The van der Waals surface area contributed by atoms with Crippen LogP contribution in [0.4, 0.5) is 0 Å². The first-order chi connectivity index (χ1) is 9.06. The summed E-state index contributed by atoms with van der Waals surface area (Å²) in [7, 11) is 0. The molecule has 0 aliphatic rings. The maximum atomic E-state index is 11.8. The third-order valence-electron chi connectivity index (χ3n) is 4.10. The Kier molecular flexibility index (Phi) is 8.30. The third-order valence-corrected chi connectivity index (χ3v) is 4.10. The van der Waals surface area contributed by atoms with E-state index in [0.717, 1.165) is 25.7 Å². The van der Waals surface area contributed by atoms with Crippen molar-refractivity contribution in [3.05, 3.63) is 0 Å². The van der Waals surface area contributed by atoms with Crippen LogP contribution < -0.4 is 0 Å². The van der Waals surface area contributed by atoms with E-state index in [2.05, 4.69) is 41.5 Å². The Hall–Kier alpha value is -0.660. The molecule has 20 heavy (non-hydrogen) atoms. The van der Waals surface area contributed by atoms with Crippen molar-refractivity contribution < 1.29 is 9.59 Å². The fourth-order valence-electron chi connectivity index (χ4n) is 1.90. The molecule has 0 bridgehead atoms. The van der Waals surface area contributed by atoms with Crippen molar-refractivity contribution in [3.63, 3.8) is 0 Å². The minimum Gasteiger partial charge on any atom is -0.300 e. The second kappa shape index (κ2) is 8.59. The Bertz CT molecular complexity index is 308. The predicted molar refractivity (Wildman–Crippen MR) is 85.9 cm³/mol. The third kappa shape index (κ3) is 11.2. The maximum absolute atomic E-state index is 11.8. The van der Waals surface area contributed by atoms with Gasteiger partial charge in [-0.2, -0.15) is 0 Å². The zero-order valence-corrected chi connectivity index (χ0v) is 14.5. The summed E-state index contributed by atoms with van der Waals surface area (Å²) in [5.41, 5.74) is 0.482. The zero-order valence-electron chi connectivity index (χ0n) is 14.5. The fourth-order valence-corrected chi connectivity index (χ4v) is 1.90. The van der Waals surface area contributed by atoms with Crippen LogP contribution in [0.3, 0.4) is 0 Å². The standard InChI is InChI=1S/C18H34O2/c1-7-18(5,6)14-12-16(20)10-8-9-15(19)11-13-17(2,3)4/h7-14H2,1-6H3. The van der Waals surface area contributed by atoms with E-state index in [9.17, 15) is 9.59 Å². The molecule has 2 heteroatoms. The first kappa shape index (κ1) is 19.3. The van der Waals surface area contributed by atoms with Crippen molar-refractivity contribution in [2.45, 2.75) is 92.9 Å². The highest BCUT2D eigenvalue weighted by atomic mass is 16.1. The Morgan fingerprint density at radius 1 is 0.750 bits per heavy atom. The van der Waals surface area contributed by atoms with Crippen LogP contribution in [0.5, 0.6) is 0 Å². The normalized spacial score (nSPS) is 12.5. The largest absolute Gasteiger partial charge is 0.300 e. The molecule has 0 atom stereocenters. The van der Waals surface area contributed by atoms with Gasteiger partial charge in [-0.25, -0.2) is 0 Å². The van der Waals surface area contributed by atoms with Crippen LogP contribution in [0.1, 0.15) is 92.9 Å². The van der Waals surface area contributed by atoms with Crippen molar-refractivity contribution in [1.82, 2.24) is 0 Å². The molecular weight excluding hydrogens is 248 g/mol. The summed E-state index contributed by atoms with van der Waals surface area (Å²) >= 11 is 0. The molecular formula is C18H34O2. The van der Waals surface area contributed by atoms with Crippen LogP contribution in [0.2, 0.25) is 0 Å². The van der Waals surface area contributed by atoms with Gasteiger partial charge in [0, 0.05) is 25.7 Å². The summed E-state index contributed by atoms with van der Waals surface area (Å²) in [6.07, 6.45) is 6.18. The summed E-state index contributed by atoms with van der Waals surface area (Å²) in [5.74, 6) is 0.622. The van der Waals surface area contributed by atoms with E-state index in [-0.39, 0.29) is 10.8 Å². The number of carbonyl (C=O) groups is 2. The number of carbonyl (C=O) groups excluding carboxylic acids is 2. The van der Waals surface area contributed by atoms with Crippen LogP contribution in [0.15, 0.2) is 0 Å². The predicted octanol–water partition coefficient (Wildman–Crippen LogP) is 5.34. The summed E-state index contributed by atoms with van der Waals surface area (Å²) in [5, 5.41) is 0. The Morgan fingerprint density at radius 3 is 1.60 bits per heavy atom. The summed E-state index contributed by atoms with van der Waals surface area (Å²) in [4.78, 5) is 23.5. The van der Waals surface area contributed by atoms with Crippen LogP contribution in [-0.4, -0.2) is 11.6 Å². The minimum atomic E-state index is 0.219. The highest BCUT2D eigenvalue weighted by molar-refractivity contribution is 5.81.